The molecule has 0 bridgehead atoms. The van der Waals surface area contributed by atoms with Crippen molar-refractivity contribution in [3.8, 4) is 5.88 Å². The average molecular weight is 263 g/mol. The molecule has 0 aliphatic heterocycles. The summed E-state index contributed by atoms with van der Waals surface area (Å²) in [4.78, 5) is 0. The Kier molecular flexibility index (Phi) is 5.58. The van der Waals surface area contributed by atoms with E-state index in [2.05, 4.69) is 29.4 Å². The Hall–Kier alpha value is -1.16. The van der Waals surface area contributed by atoms with Gasteiger partial charge in [-0.25, -0.2) is 0 Å². The van der Waals surface area contributed by atoms with Gasteiger partial charge in [0.2, 0.25) is 5.88 Å². The van der Waals surface area contributed by atoms with Gasteiger partial charge in [0.1, 0.15) is 6.10 Å². The molecule has 19 heavy (non-hydrogen) atoms. The first-order valence-corrected chi connectivity index (χ1v) is 7.53. The van der Waals surface area contributed by atoms with Crippen LogP contribution in [0.5, 0.6) is 5.88 Å². The van der Waals surface area contributed by atoms with E-state index in [1.54, 1.807) is 0 Å². The second-order valence-corrected chi connectivity index (χ2v) is 5.25. The van der Waals surface area contributed by atoms with E-state index in [1.807, 2.05) is 12.1 Å². The number of aromatic nitrogens is 2. The lowest BCUT2D eigenvalue weighted by molar-refractivity contribution is 0.0847. The van der Waals surface area contributed by atoms with E-state index in [-0.39, 0.29) is 0 Å². The molecule has 2 atom stereocenters. The summed E-state index contributed by atoms with van der Waals surface area (Å²) in [6.07, 6.45) is 6.56. The minimum atomic E-state index is 0.327. The summed E-state index contributed by atoms with van der Waals surface area (Å²) in [5, 5.41) is 11.6. The van der Waals surface area contributed by atoms with Gasteiger partial charge in [0, 0.05) is 12.6 Å². The summed E-state index contributed by atoms with van der Waals surface area (Å²) in [6.45, 7) is 6.04. The van der Waals surface area contributed by atoms with Crippen molar-refractivity contribution in [3.05, 3.63) is 17.8 Å². The molecule has 106 valence electrons. The Morgan fingerprint density at radius 1 is 1.21 bits per heavy atom. The first-order chi connectivity index (χ1) is 9.33. The molecule has 2 rings (SSSR count). The SMILES string of the molecule is CCNCc1ccc(OC2CCCCC2CC)nn1. The lowest BCUT2D eigenvalue weighted by Crippen LogP contribution is -2.30. The van der Waals surface area contributed by atoms with Crippen LogP contribution in [0.3, 0.4) is 0 Å². The Balaban J connectivity index is 1.90. The number of ether oxygens (including phenoxy) is 1. The lowest BCUT2D eigenvalue weighted by atomic mass is 9.85. The van der Waals surface area contributed by atoms with Gasteiger partial charge < -0.3 is 10.1 Å². The van der Waals surface area contributed by atoms with Gasteiger partial charge in [-0.05, 0) is 44.2 Å². The molecule has 0 radical (unpaired) electrons. The third-order valence-corrected chi connectivity index (χ3v) is 3.89. The fourth-order valence-corrected chi connectivity index (χ4v) is 2.71. The quantitative estimate of drug-likeness (QED) is 0.857. The minimum absolute atomic E-state index is 0.327. The molecule has 1 aliphatic carbocycles. The van der Waals surface area contributed by atoms with Gasteiger partial charge in [0.25, 0.3) is 0 Å². The second kappa shape index (κ2) is 7.43. The highest BCUT2D eigenvalue weighted by molar-refractivity contribution is 5.12. The van der Waals surface area contributed by atoms with E-state index in [9.17, 15) is 0 Å². The fraction of sp³-hybridized carbons (Fsp3) is 0.733. The van der Waals surface area contributed by atoms with Crippen molar-refractivity contribution in [2.24, 2.45) is 5.92 Å². The van der Waals surface area contributed by atoms with E-state index >= 15 is 0 Å². The molecule has 1 aromatic heterocycles. The molecule has 1 heterocycles. The van der Waals surface area contributed by atoms with E-state index in [0.29, 0.717) is 17.9 Å². The summed E-state index contributed by atoms with van der Waals surface area (Å²) < 4.78 is 6.02. The molecule has 1 aromatic rings. The molecule has 2 unspecified atom stereocenters. The molecule has 1 fully saturated rings. The normalized spacial score (nSPS) is 23.3. The lowest BCUT2D eigenvalue weighted by Gasteiger charge is -2.30. The molecule has 4 nitrogen and oxygen atoms in total. The van der Waals surface area contributed by atoms with E-state index < -0.39 is 0 Å². The average Bonchev–Trinajstić information content (AvgIpc) is 2.47. The highest BCUT2D eigenvalue weighted by atomic mass is 16.5. The zero-order chi connectivity index (χ0) is 13.5. The first-order valence-electron chi connectivity index (χ1n) is 7.53. The summed E-state index contributed by atoms with van der Waals surface area (Å²) in [5.74, 6) is 1.35. The van der Waals surface area contributed by atoms with Crippen molar-refractivity contribution >= 4 is 0 Å². The molecule has 1 aliphatic rings. The van der Waals surface area contributed by atoms with Gasteiger partial charge in [0.15, 0.2) is 0 Å². The Bertz CT molecular complexity index is 366. The van der Waals surface area contributed by atoms with Crippen molar-refractivity contribution in [2.75, 3.05) is 6.54 Å². The molecule has 1 saturated carbocycles. The van der Waals surface area contributed by atoms with Crippen LogP contribution in [0.25, 0.3) is 0 Å². The molecule has 0 saturated heterocycles. The van der Waals surface area contributed by atoms with Crippen molar-refractivity contribution in [1.29, 1.82) is 0 Å². The number of nitrogens with one attached hydrogen (secondary N) is 1. The molecule has 0 amide bonds. The predicted molar refractivity (Wildman–Crippen MR) is 76.1 cm³/mol. The molecular formula is C15H25N3O. The van der Waals surface area contributed by atoms with Crippen molar-refractivity contribution in [1.82, 2.24) is 15.5 Å². The zero-order valence-corrected chi connectivity index (χ0v) is 12.1. The number of nitrogens with zero attached hydrogens (tertiary/aromatic N) is 2. The zero-order valence-electron chi connectivity index (χ0n) is 12.1. The van der Waals surface area contributed by atoms with Crippen LogP contribution in [0.15, 0.2) is 12.1 Å². The van der Waals surface area contributed by atoms with Crippen LogP contribution in [0, 0.1) is 5.92 Å². The molecule has 0 spiro atoms. The number of hydrogen-bond donors (Lipinski definition) is 1. The Morgan fingerprint density at radius 2 is 2.05 bits per heavy atom. The van der Waals surface area contributed by atoms with Crippen molar-refractivity contribution in [2.45, 2.75) is 58.6 Å². The van der Waals surface area contributed by atoms with Crippen LogP contribution in [0.2, 0.25) is 0 Å². The molecular weight excluding hydrogens is 238 g/mol. The van der Waals surface area contributed by atoms with Crippen LogP contribution >= 0.6 is 0 Å². The first kappa shape index (κ1) is 14.3. The van der Waals surface area contributed by atoms with Gasteiger partial charge >= 0.3 is 0 Å². The summed E-state index contributed by atoms with van der Waals surface area (Å²) in [7, 11) is 0. The van der Waals surface area contributed by atoms with E-state index in [4.69, 9.17) is 4.74 Å². The van der Waals surface area contributed by atoms with Gasteiger partial charge in [-0.2, -0.15) is 5.10 Å². The third kappa shape index (κ3) is 4.16. The van der Waals surface area contributed by atoms with Gasteiger partial charge in [-0.15, -0.1) is 5.10 Å². The largest absolute Gasteiger partial charge is 0.473 e. The van der Waals surface area contributed by atoms with Gasteiger partial charge in [-0.1, -0.05) is 20.3 Å². The summed E-state index contributed by atoms with van der Waals surface area (Å²) in [5.41, 5.74) is 0.963. The highest BCUT2D eigenvalue weighted by Crippen LogP contribution is 2.29. The van der Waals surface area contributed by atoms with Gasteiger partial charge in [-0.3, -0.25) is 0 Å². The third-order valence-electron chi connectivity index (χ3n) is 3.89. The smallest absolute Gasteiger partial charge is 0.233 e. The standard InChI is InChI=1S/C15H25N3O/c1-3-12-7-5-6-8-14(12)19-15-10-9-13(17-18-15)11-16-4-2/h9-10,12,14,16H,3-8,11H2,1-2H3. The number of hydrogen-bond acceptors (Lipinski definition) is 4. The minimum Gasteiger partial charge on any atom is -0.473 e. The topological polar surface area (TPSA) is 47.0 Å². The molecule has 4 heteroatoms. The number of rotatable bonds is 6. The summed E-state index contributed by atoms with van der Waals surface area (Å²) >= 11 is 0. The summed E-state index contributed by atoms with van der Waals surface area (Å²) in [6, 6.07) is 3.94. The van der Waals surface area contributed by atoms with Crippen LogP contribution in [0.1, 0.15) is 51.6 Å². The van der Waals surface area contributed by atoms with Crippen LogP contribution in [0.4, 0.5) is 0 Å². The van der Waals surface area contributed by atoms with Crippen molar-refractivity contribution < 1.29 is 4.74 Å². The van der Waals surface area contributed by atoms with Gasteiger partial charge in [0.05, 0.1) is 5.69 Å². The van der Waals surface area contributed by atoms with Crippen LogP contribution in [-0.2, 0) is 6.54 Å². The predicted octanol–water partition coefficient (Wildman–Crippen LogP) is 2.93. The maximum absolute atomic E-state index is 6.02. The van der Waals surface area contributed by atoms with E-state index in [1.165, 1.54) is 25.7 Å². The monoisotopic (exact) mass is 263 g/mol. The maximum atomic E-state index is 6.02. The van der Waals surface area contributed by atoms with Crippen LogP contribution < -0.4 is 10.1 Å². The van der Waals surface area contributed by atoms with E-state index in [0.717, 1.165) is 25.2 Å². The van der Waals surface area contributed by atoms with Crippen LogP contribution in [-0.4, -0.2) is 22.8 Å². The second-order valence-electron chi connectivity index (χ2n) is 5.25. The molecule has 0 aromatic carbocycles. The maximum Gasteiger partial charge on any atom is 0.233 e. The fourth-order valence-electron chi connectivity index (χ4n) is 2.71. The molecule has 1 N–H and O–H groups in total. The highest BCUT2D eigenvalue weighted by Gasteiger charge is 2.25. The van der Waals surface area contributed by atoms with Crippen molar-refractivity contribution in [3.63, 3.8) is 0 Å². The Labute approximate surface area is 116 Å². The Morgan fingerprint density at radius 3 is 2.74 bits per heavy atom.